The van der Waals surface area contributed by atoms with Crippen LogP contribution in [0, 0.1) is 0 Å². The number of hydrogen-bond donors (Lipinski definition) is 0. The number of esters is 1. The summed E-state index contributed by atoms with van der Waals surface area (Å²) in [6.07, 6.45) is 0.356. The third-order valence-electron chi connectivity index (χ3n) is 5.97. The Labute approximate surface area is 212 Å². The standard InChI is InChI=1S/C30H32O6/c1-3-13-25-26(36-29(31)24-18-11-6-12-19-24)27(33-20-22-14-7-4-8-15-22)28(30(32-2)35-25)34-21-23-16-9-5-10-17-23/h3-19,25-28,30H,20-21H2,1-2H3/b13-3+/t25-,26-,27+,28-,30+/m1/s1. The van der Waals surface area contributed by atoms with Crippen LogP contribution in [-0.2, 0) is 36.9 Å². The highest BCUT2D eigenvalue weighted by molar-refractivity contribution is 5.89. The minimum atomic E-state index is -0.759. The number of allylic oxidation sites excluding steroid dienone is 1. The van der Waals surface area contributed by atoms with Gasteiger partial charge in [-0.25, -0.2) is 4.79 Å². The van der Waals surface area contributed by atoms with Gasteiger partial charge in [-0.1, -0.05) is 91.0 Å². The van der Waals surface area contributed by atoms with Crippen LogP contribution in [0.2, 0.25) is 0 Å². The van der Waals surface area contributed by atoms with Crippen molar-refractivity contribution in [3.05, 3.63) is 120 Å². The van der Waals surface area contributed by atoms with Crippen LogP contribution in [-0.4, -0.2) is 43.8 Å². The molecule has 1 fully saturated rings. The van der Waals surface area contributed by atoms with E-state index in [0.717, 1.165) is 11.1 Å². The lowest BCUT2D eigenvalue weighted by Crippen LogP contribution is -2.60. The molecule has 0 bridgehead atoms. The molecule has 1 heterocycles. The van der Waals surface area contributed by atoms with Crippen LogP contribution in [0.15, 0.2) is 103 Å². The van der Waals surface area contributed by atoms with Gasteiger partial charge in [-0.2, -0.15) is 0 Å². The highest BCUT2D eigenvalue weighted by Crippen LogP contribution is 2.31. The Morgan fingerprint density at radius 2 is 1.31 bits per heavy atom. The lowest BCUT2D eigenvalue weighted by molar-refractivity contribution is -0.301. The Morgan fingerprint density at radius 3 is 1.83 bits per heavy atom. The molecule has 1 saturated heterocycles. The summed E-state index contributed by atoms with van der Waals surface area (Å²) in [5.41, 5.74) is 2.45. The normalized spacial score (nSPS) is 24.0. The second kappa shape index (κ2) is 13.1. The molecule has 4 rings (SSSR count). The van der Waals surface area contributed by atoms with E-state index in [4.69, 9.17) is 23.7 Å². The second-order valence-electron chi connectivity index (χ2n) is 8.49. The van der Waals surface area contributed by atoms with E-state index in [1.54, 1.807) is 31.4 Å². The molecule has 0 N–H and O–H groups in total. The quantitative estimate of drug-likeness (QED) is 0.284. The minimum absolute atomic E-state index is 0.315. The van der Waals surface area contributed by atoms with Gasteiger partial charge in [0.2, 0.25) is 0 Å². The molecule has 5 atom stereocenters. The molecule has 0 amide bonds. The summed E-state index contributed by atoms with van der Waals surface area (Å²) in [4.78, 5) is 13.1. The number of benzene rings is 3. The van der Waals surface area contributed by atoms with Gasteiger partial charge in [0, 0.05) is 7.11 Å². The number of hydrogen-bond acceptors (Lipinski definition) is 6. The molecule has 0 saturated carbocycles. The molecule has 0 aromatic heterocycles. The summed E-state index contributed by atoms with van der Waals surface area (Å²) in [5, 5.41) is 0. The summed E-state index contributed by atoms with van der Waals surface area (Å²) < 4.78 is 30.7. The molecular weight excluding hydrogens is 456 g/mol. The minimum Gasteiger partial charge on any atom is -0.453 e. The van der Waals surface area contributed by atoms with Crippen LogP contribution in [0.4, 0.5) is 0 Å². The Morgan fingerprint density at radius 1 is 0.778 bits per heavy atom. The molecule has 0 spiro atoms. The van der Waals surface area contributed by atoms with E-state index >= 15 is 0 Å². The van der Waals surface area contributed by atoms with E-state index < -0.39 is 36.7 Å². The maximum Gasteiger partial charge on any atom is 0.338 e. The van der Waals surface area contributed by atoms with Crippen molar-refractivity contribution >= 4 is 5.97 Å². The van der Waals surface area contributed by atoms with Crippen molar-refractivity contribution in [2.24, 2.45) is 0 Å². The third-order valence-corrected chi connectivity index (χ3v) is 5.97. The molecule has 3 aromatic rings. The van der Waals surface area contributed by atoms with Crippen LogP contribution >= 0.6 is 0 Å². The molecule has 1 aliphatic heterocycles. The molecule has 0 radical (unpaired) electrons. The lowest BCUT2D eigenvalue weighted by Gasteiger charge is -2.44. The average Bonchev–Trinajstić information content (AvgIpc) is 2.93. The maximum atomic E-state index is 13.1. The zero-order valence-electron chi connectivity index (χ0n) is 20.6. The topological polar surface area (TPSA) is 63.2 Å². The van der Waals surface area contributed by atoms with Crippen LogP contribution in [0.5, 0.6) is 0 Å². The Hall–Kier alpha value is -3.29. The first-order valence-electron chi connectivity index (χ1n) is 12.1. The summed E-state index contributed by atoms with van der Waals surface area (Å²) in [5.74, 6) is -0.454. The molecule has 36 heavy (non-hydrogen) atoms. The number of carbonyl (C=O) groups excluding carboxylic acids is 1. The molecular formula is C30H32O6. The van der Waals surface area contributed by atoms with Gasteiger partial charge in [0.05, 0.1) is 18.8 Å². The van der Waals surface area contributed by atoms with Crippen LogP contribution in [0.1, 0.15) is 28.4 Å². The van der Waals surface area contributed by atoms with E-state index in [2.05, 4.69) is 0 Å². The highest BCUT2D eigenvalue weighted by atomic mass is 16.7. The van der Waals surface area contributed by atoms with E-state index in [9.17, 15) is 4.79 Å². The number of methoxy groups -OCH3 is 1. The van der Waals surface area contributed by atoms with Crippen LogP contribution in [0.25, 0.3) is 0 Å². The number of rotatable bonds is 10. The van der Waals surface area contributed by atoms with Gasteiger partial charge in [-0.05, 0) is 30.2 Å². The third kappa shape index (κ3) is 6.68. The molecule has 1 aliphatic rings. The maximum absolute atomic E-state index is 13.1. The van der Waals surface area contributed by atoms with Gasteiger partial charge in [0.25, 0.3) is 0 Å². The van der Waals surface area contributed by atoms with Gasteiger partial charge in [-0.3, -0.25) is 0 Å². The molecule has 6 heteroatoms. The molecule has 188 valence electrons. The molecule has 0 aliphatic carbocycles. The fourth-order valence-corrected chi connectivity index (χ4v) is 4.17. The highest BCUT2D eigenvalue weighted by Gasteiger charge is 2.49. The Balaban J connectivity index is 1.63. The van der Waals surface area contributed by atoms with Crippen molar-refractivity contribution in [3.8, 4) is 0 Å². The monoisotopic (exact) mass is 488 g/mol. The summed E-state index contributed by atoms with van der Waals surface area (Å²) in [6, 6.07) is 28.6. The smallest absolute Gasteiger partial charge is 0.338 e. The SMILES string of the molecule is C/C=C/[C@H]1O[C@H](OC)[C@H](OCc2ccccc2)[C@@H](OCc2ccccc2)[C@@H]1OC(=O)c1ccccc1. The van der Waals surface area contributed by atoms with Gasteiger partial charge < -0.3 is 23.7 Å². The van der Waals surface area contributed by atoms with Gasteiger partial charge in [-0.15, -0.1) is 0 Å². The predicted molar refractivity (Wildman–Crippen MR) is 136 cm³/mol. The fourth-order valence-electron chi connectivity index (χ4n) is 4.17. The van der Waals surface area contributed by atoms with Crippen molar-refractivity contribution in [2.45, 2.75) is 50.8 Å². The summed E-state index contributed by atoms with van der Waals surface area (Å²) >= 11 is 0. The largest absolute Gasteiger partial charge is 0.453 e. The summed E-state index contributed by atoms with van der Waals surface area (Å²) in [7, 11) is 1.57. The molecule has 6 nitrogen and oxygen atoms in total. The van der Waals surface area contributed by atoms with Crippen molar-refractivity contribution in [2.75, 3.05) is 7.11 Å². The van der Waals surface area contributed by atoms with E-state index in [1.165, 1.54) is 0 Å². The average molecular weight is 489 g/mol. The van der Waals surface area contributed by atoms with E-state index in [0.29, 0.717) is 18.8 Å². The lowest BCUT2D eigenvalue weighted by atomic mass is 9.97. The van der Waals surface area contributed by atoms with Gasteiger partial charge >= 0.3 is 5.97 Å². The second-order valence-corrected chi connectivity index (χ2v) is 8.49. The van der Waals surface area contributed by atoms with Crippen LogP contribution in [0.3, 0.4) is 0 Å². The number of ether oxygens (including phenoxy) is 5. The van der Waals surface area contributed by atoms with Crippen molar-refractivity contribution in [1.29, 1.82) is 0 Å². The van der Waals surface area contributed by atoms with E-state index in [-0.39, 0.29) is 0 Å². The zero-order valence-corrected chi connectivity index (χ0v) is 20.6. The number of carbonyl (C=O) groups is 1. The van der Waals surface area contributed by atoms with E-state index in [1.807, 2.05) is 85.8 Å². The predicted octanol–water partition coefficient (Wildman–Crippen LogP) is 5.33. The first-order valence-corrected chi connectivity index (χ1v) is 12.1. The zero-order chi connectivity index (χ0) is 25.2. The van der Waals surface area contributed by atoms with Crippen molar-refractivity contribution in [1.82, 2.24) is 0 Å². The fraction of sp³-hybridized carbons (Fsp3) is 0.300. The first-order chi connectivity index (χ1) is 17.7. The van der Waals surface area contributed by atoms with Crippen molar-refractivity contribution in [3.63, 3.8) is 0 Å². The summed E-state index contributed by atoms with van der Waals surface area (Å²) in [6.45, 7) is 2.53. The Bertz CT molecular complexity index is 1090. The molecule has 3 aromatic carbocycles. The first kappa shape index (κ1) is 25.8. The molecule has 0 unspecified atom stereocenters. The Kier molecular flexibility index (Phi) is 9.41. The van der Waals surface area contributed by atoms with Crippen molar-refractivity contribution < 1.29 is 28.5 Å². The van der Waals surface area contributed by atoms with Gasteiger partial charge in [0.1, 0.15) is 18.3 Å². The van der Waals surface area contributed by atoms with Gasteiger partial charge in [0.15, 0.2) is 12.4 Å². The van der Waals surface area contributed by atoms with Crippen LogP contribution < -0.4 is 0 Å².